The number of aryl methyl sites for hydroxylation is 1. The Bertz CT molecular complexity index is 1420. The zero-order valence-corrected chi connectivity index (χ0v) is 22.8. The smallest absolute Gasteiger partial charge is 0.410 e. The number of benzene rings is 1. The number of rotatable bonds is 5. The molecule has 0 unspecified atom stereocenters. The van der Waals surface area contributed by atoms with Crippen molar-refractivity contribution in [2.45, 2.75) is 39.8 Å². The van der Waals surface area contributed by atoms with Crippen LogP contribution in [0, 0.1) is 6.92 Å². The SMILES string of the molecule is Cc1noc(-c2ccc3nc(Nc4cc(CN5CCN(C(=O)OC(C)(C)C)CC5)c(Br)cn4)[nH]c3c2)n1. The fourth-order valence-electron chi connectivity index (χ4n) is 4.06. The van der Waals surface area contributed by atoms with Gasteiger partial charge in [0, 0.05) is 49.0 Å². The van der Waals surface area contributed by atoms with E-state index in [9.17, 15) is 4.79 Å². The summed E-state index contributed by atoms with van der Waals surface area (Å²) in [6, 6.07) is 7.74. The molecule has 194 valence electrons. The Morgan fingerprint density at radius 2 is 1.97 bits per heavy atom. The number of ether oxygens (including phenoxy) is 1. The lowest BCUT2D eigenvalue weighted by atomic mass is 10.2. The number of aromatic amines is 1. The molecule has 5 rings (SSSR count). The number of halogens is 1. The van der Waals surface area contributed by atoms with Crippen molar-refractivity contribution in [1.29, 1.82) is 0 Å². The molecule has 0 atom stereocenters. The van der Waals surface area contributed by atoms with Crippen molar-refractivity contribution >= 4 is 44.8 Å². The van der Waals surface area contributed by atoms with E-state index in [2.05, 4.69) is 51.2 Å². The van der Waals surface area contributed by atoms with Crippen LogP contribution in [0.15, 0.2) is 39.5 Å². The number of pyridine rings is 1. The van der Waals surface area contributed by atoms with Gasteiger partial charge in [0.25, 0.3) is 5.89 Å². The third-order valence-corrected chi connectivity index (χ3v) is 6.57. The first-order chi connectivity index (χ1) is 17.6. The Kier molecular flexibility index (Phi) is 6.86. The number of hydrogen-bond donors (Lipinski definition) is 2. The molecule has 3 aromatic heterocycles. The highest BCUT2D eigenvalue weighted by atomic mass is 79.9. The molecule has 4 heterocycles. The highest BCUT2D eigenvalue weighted by Crippen LogP contribution is 2.26. The number of nitrogens with one attached hydrogen (secondary N) is 2. The van der Waals surface area contributed by atoms with Gasteiger partial charge in [-0.1, -0.05) is 5.16 Å². The molecule has 0 spiro atoms. The first kappa shape index (κ1) is 25.2. The highest BCUT2D eigenvalue weighted by Gasteiger charge is 2.26. The Morgan fingerprint density at radius 1 is 1.19 bits per heavy atom. The van der Waals surface area contributed by atoms with Gasteiger partial charge in [-0.25, -0.2) is 14.8 Å². The molecule has 1 fully saturated rings. The monoisotopic (exact) mass is 568 g/mol. The molecule has 11 nitrogen and oxygen atoms in total. The number of amides is 1. The Morgan fingerprint density at radius 3 is 2.68 bits per heavy atom. The van der Waals surface area contributed by atoms with Crippen LogP contribution in [0.5, 0.6) is 0 Å². The third kappa shape index (κ3) is 6.08. The van der Waals surface area contributed by atoms with Gasteiger partial charge in [0.05, 0.1) is 11.0 Å². The summed E-state index contributed by atoms with van der Waals surface area (Å²) < 4.78 is 11.7. The van der Waals surface area contributed by atoms with E-state index >= 15 is 0 Å². The van der Waals surface area contributed by atoms with Crippen LogP contribution in [0.25, 0.3) is 22.5 Å². The molecule has 1 aliphatic heterocycles. The number of aromatic nitrogens is 5. The number of anilines is 2. The van der Waals surface area contributed by atoms with Crippen molar-refractivity contribution in [3.63, 3.8) is 0 Å². The zero-order chi connectivity index (χ0) is 26.2. The fraction of sp³-hybridized carbons (Fsp3) is 0.400. The molecule has 4 aromatic rings. The van der Waals surface area contributed by atoms with Crippen LogP contribution in [0.2, 0.25) is 0 Å². The molecule has 2 N–H and O–H groups in total. The molecule has 1 aromatic carbocycles. The second-order valence-corrected chi connectivity index (χ2v) is 10.8. The van der Waals surface area contributed by atoms with E-state index in [0.717, 1.165) is 46.3 Å². The molecule has 1 amide bonds. The molecule has 0 radical (unpaired) electrons. The Hall–Kier alpha value is -3.51. The van der Waals surface area contributed by atoms with Crippen molar-refractivity contribution < 1.29 is 14.1 Å². The number of carbonyl (C=O) groups is 1. The predicted octanol–water partition coefficient (Wildman–Crippen LogP) is 4.88. The van der Waals surface area contributed by atoms with Crippen LogP contribution in [0.1, 0.15) is 32.2 Å². The van der Waals surface area contributed by atoms with Crippen LogP contribution < -0.4 is 5.32 Å². The van der Waals surface area contributed by atoms with Gasteiger partial charge in [-0.2, -0.15) is 4.98 Å². The van der Waals surface area contributed by atoms with Crippen molar-refractivity contribution in [3.05, 3.63) is 46.3 Å². The molecule has 0 aliphatic carbocycles. The van der Waals surface area contributed by atoms with Gasteiger partial charge in [0.2, 0.25) is 5.95 Å². The van der Waals surface area contributed by atoms with Gasteiger partial charge >= 0.3 is 6.09 Å². The minimum absolute atomic E-state index is 0.256. The number of hydrogen-bond acceptors (Lipinski definition) is 9. The lowest BCUT2D eigenvalue weighted by Gasteiger charge is -2.35. The summed E-state index contributed by atoms with van der Waals surface area (Å²) in [6.07, 6.45) is 1.53. The van der Waals surface area contributed by atoms with Gasteiger partial charge in [0.15, 0.2) is 5.82 Å². The maximum atomic E-state index is 12.3. The van der Waals surface area contributed by atoms with Crippen molar-refractivity contribution in [1.82, 2.24) is 34.9 Å². The molecule has 37 heavy (non-hydrogen) atoms. The quantitative estimate of drug-likeness (QED) is 0.346. The van der Waals surface area contributed by atoms with Crippen LogP contribution in [0.3, 0.4) is 0 Å². The van der Waals surface area contributed by atoms with Gasteiger partial charge in [-0.05, 0) is 73.5 Å². The number of imidazole rings is 1. The maximum Gasteiger partial charge on any atom is 0.410 e. The lowest BCUT2D eigenvalue weighted by molar-refractivity contribution is 0.0139. The van der Waals surface area contributed by atoms with E-state index in [4.69, 9.17) is 9.26 Å². The third-order valence-electron chi connectivity index (χ3n) is 5.86. The number of fused-ring (bicyclic) bond motifs is 1. The molecular weight excluding hydrogens is 540 g/mol. The summed E-state index contributed by atoms with van der Waals surface area (Å²) in [5, 5.41) is 7.12. The second kappa shape index (κ2) is 10.1. The van der Waals surface area contributed by atoms with E-state index < -0.39 is 5.60 Å². The van der Waals surface area contributed by atoms with Gasteiger partial charge in [-0.3, -0.25) is 4.90 Å². The highest BCUT2D eigenvalue weighted by molar-refractivity contribution is 9.10. The van der Waals surface area contributed by atoms with E-state index in [0.29, 0.717) is 36.6 Å². The van der Waals surface area contributed by atoms with Gasteiger partial charge in [-0.15, -0.1) is 0 Å². The van der Waals surface area contributed by atoms with Gasteiger partial charge < -0.3 is 24.5 Å². The Labute approximate surface area is 222 Å². The first-order valence-electron chi connectivity index (χ1n) is 12.1. The molecule has 0 saturated carbocycles. The summed E-state index contributed by atoms with van der Waals surface area (Å²) in [5.41, 5.74) is 3.07. The molecule has 1 saturated heterocycles. The normalized spacial score (nSPS) is 14.8. The van der Waals surface area contributed by atoms with E-state index in [1.54, 1.807) is 18.0 Å². The number of piperazine rings is 1. The second-order valence-electron chi connectivity index (χ2n) is 9.99. The first-order valence-corrected chi connectivity index (χ1v) is 12.8. The van der Waals surface area contributed by atoms with Crippen molar-refractivity contribution in [2.75, 3.05) is 31.5 Å². The van der Waals surface area contributed by atoms with Crippen molar-refractivity contribution in [3.8, 4) is 11.5 Å². The fourth-order valence-corrected chi connectivity index (χ4v) is 4.41. The summed E-state index contributed by atoms with van der Waals surface area (Å²) in [6.45, 7) is 11.0. The topological polar surface area (TPSA) is 125 Å². The van der Waals surface area contributed by atoms with Crippen molar-refractivity contribution in [2.24, 2.45) is 0 Å². The van der Waals surface area contributed by atoms with E-state index in [-0.39, 0.29) is 6.09 Å². The summed E-state index contributed by atoms with van der Waals surface area (Å²) in [7, 11) is 0. The minimum atomic E-state index is -0.491. The standard InChI is InChI=1S/C25H29BrN8O3/c1-15-28-22(37-32-15)16-5-6-19-20(11-16)30-23(29-19)31-21-12-17(18(26)13-27-21)14-33-7-9-34(10-8-33)24(35)36-25(2,3)4/h5-6,11-13H,7-10,14H2,1-4H3,(H2,27,29,30,31). The zero-order valence-electron chi connectivity index (χ0n) is 21.2. The molecule has 1 aliphatic rings. The average molecular weight is 569 g/mol. The van der Waals surface area contributed by atoms with E-state index in [1.807, 2.05) is 45.0 Å². The predicted molar refractivity (Wildman–Crippen MR) is 142 cm³/mol. The van der Waals surface area contributed by atoms with Crippen LogP contribution >= 0.6 is 15.9 Å². The largest absolute Gasteiger partial charge is 0.444 e. The maximum absolute atomic E-state index is 12.3. The van der Waals surface area contributed by atoms with Crippen LogP contribution in [0.4, 0.5) is 16.6 Å². The summed E-state index contributed by atoms with van der Waals surface area (Å²) in [5.74, 6) is 2.32. The number of carbonyl (C=O) groups excluding carboxylic acids is 1. The molecule has 12 heteroatoms. The Balaban J connectivity index is 1.23. The van der Waals surface area contributed by atoms with E-state index in [1.165, 1.54) is 0 Å². The number of nitrogens with zero attached hydrogens (tertiary/aromatic N) is 6. The van der Waals surface area contributed by atoms with Gasteiger partial charge in [0.1, 0.15) is 11.4 Å². The van der Waals surface area contributed by atoms with Crippen LogP contribution in [-0.4, -0.2) is 72.8 Å². The number of H-pyrrole nitrogens is 1. The summed E-state index contributed by atoms with van der Waals surface area (Å²) in [4.78, 5) is 33.1. The summed E-state index contributed by atoms with van der Waals surface area (Å²) >= 11 is 3.63. The lowest BCUT2D eigenvalue weighted by Crippen LogP contribution is -2.49. The minimum Gasteiger partial charge on any atom is -0.444 e. The average Bonchev–Trinajstić information content (AvgIpc) is 3.45. The molecule has 0 bridgehead atoms. The van der Waals surface area contributed by atoms with Crippen LogP contribution in [-0.2, 0) is 11.3 Å². The molecular formula is C25H29BrN8O3.